The maximum Gasteiger partial charge on any atom is 0.135 e. The minimum atomic E-state index is 0.703. The van der Waals surface area contributed by atoms with E-state index in [0.29, 0.717) is 11.4 Å². The van der Waals surface area contributed by atoms with Gasteiger partial charge in [-0.2, -0.15) is 0 Å². The predicted octanol–water partition coefficient (Wildman–Crippen LogP) is 5.59. The summed E-state index contributed by atoms with van der Waals surface area (Å²) in [7, 11) is 0. The first-order chi connectivity index (χ1) is 12.7. The first-order valence-electron chi connectivity index (χ1n) is 8.27. The Labute approximate surface area is 151 Å². The number of hydrogen-bond acceptors (Lipinski definition) is 4. The van der Waals surface area contributed by atoms with Crippen LogP contribution in [0.5, 0.6) is 23.0 Å². The van der Waals surface area contributed by atoms with Crippen molar-refractivity contribution in [3.05, 3.63) is 84.9 Å². The van der Waals surface area contributed by atoms with Crippen molar-refractivity contribution in [2.45, 2.75) is 0 Å². The average molecular weight is 342 g/mol. The van der Waals surface area contributed by atoms with Crippen molar-refractivity contribution in [2.24, 2.45) is 0 Å². The SMILES string of the molecule is Nc1ccc(Oc2ccc(Oc3ccc(N)cc3)c3ccccc23)cc1. The molecule has 0 spiro atoms. The fourth-order valence-electron chi connectivity index (χ4n) is 2.75. The van der Waals surface area contributed by atoms with Crippen LogP contribution in [0.15, 0.2) is 84.9 Å². The summed E-state index contributed by atoms with van der Waals surface area (Å²) in [6.07, 6.45) is 0. The maximum atomic E-state index is 6.04. The van der Waals surface area contributed by atoms with E-state index in [0.717, 1.165) is 33.8 Å². The monoisotopic (exact) mass is 342 g/mol. The Kier molecular flexibility index (Phi) is 4.07. The Bertz CT molecular complexity index is 956. The van der Waals surface area contributed by atoms with Gasteiger partial charge in [0.25, 0.3) is 0 Å². The van der Waals surface area contributed by atoms with E-state index >= 15 is 0 Å². The van der Waals surface area contributed by atoms with Gasteiger partial charge in [0.2, 0.25) is 0 Å². The van der Waals surface area contributed by atoms with Gasteiger partial charge in [-0.05, 0) is 60.7 Å². The van der Waals surface area contributed by atoms with Crippen LogP contribution < -0.4 is 20.9 Å². The van der Waals surface area contributed by atoms with Gasteiger partial charge in [-0.15, -0.1) is 0 Å². The number of ether oxygens (including phenoxy) is 2. The molecule has 0 fully saturated rings. The number of nitrogens with two attached hydrogens (primary N) is 2. The van der Waals surface area contributed by atoms with Crippen molar-refractivity contribution in [1.82, 2.24) is 0 Å². The van der Waals surface area contributed by atoms with E-state index in [1.165, 1.54) is 0 Å². The van der Waals surface area contributed by atoms with E-state index < -0.39 is 0 Å². The van der Waals surface area contributed by atoms with E-state index in [9.17, 15) is 0 Å². The highest BCUT2D eigenvalue weighted by molar-refractivity contribution is 5.93. The van der Waals surface area contributed by atoms with E-state index in [4.69, 9.17) is 20.9 Å². The molecule has 4 rings (SSSR count). The number of anilines is 2. The zero-order valence-electron chi connectivity index (χ0n) is 14.1. The molecule has 4 N–H and O–H groups in total. The van der Waals surface area contributed by atoms with E-state index in [2.05, 4.69) is 0 Å². The molecular weight excluding hydrogens is 324 g/mol. The van der Waals surface area contributed by atoms with Gasteiger partial charge < -0.3 is 20.9 Å². The molecule has 0 radical (unpaired) electrons. The molecule has 0 aliphatic rings. The molecular formula is C22H18N2O2. The molecule has 26 heavy (non-hydrogen) atoms. The Hall–Kier alpha value is -3.66. The normalized spacial score (nSPS) is 10.6. The summed E-state index contributed by atoms with van der Waals surface area (Å²) < 4.78 is 12.1. The Morgan fingerprint density at radius 3 is 1.23 bits per heavy atom. The average Bonchev–Trinajstić information content (AvgIpc) is 2.67. The third kappa shape index (κ3) is 3.26. The molecule has 0 saturated carbocycles. The van der Waals surface area contributed by atoms with Gasteiger partial charge in [0, 0.05) is 22.1 Å². The Morgan fingerprint density at radius 1 is 0.462 bits per heavy atom. The highest BCUT2D eigenvalue weighted by atomic mass is 16.5. The second-order valence-electron chi connectivity index (χ2n) is 5.95. The van der Waals surface area contributed by atoms with Crippen molar-refractivity contribution in [1.29, 1.82) is 0 Å². The van der Waals surface area contributed by atoms with Crippen LogP contribution in [-0.4, -0.2) is 0 Å². The number of nitrogen functional groups attached to an aromatic ring is 2. The molecule has 0 bridgehead atoms. The van der Waals surface area contributed by atoms with Crippen molar-refractivity contribution in [2.75, 3.05) is 11.5 Å². The third-order valence-corrected chi connectivity index (χ3v) is 4.06. The first kappa shape index (κ1) is 15.8. The fourth-order valence-corrected chi connectivity index (χ4v) is 2.75. The largest absolute Gasteiger partial charge is 0.457 e. The van der Waals surface area contributed by atoms with Crippen LogP contribution in [0.2, 0.25) is 0 Å². The summed E-state index contributed by atoms with van der Waals surface area (Å²) >= 11 is 0. The highest BCUT2D eigenvalue weighted by Crippen LogP contribution is 2.37. The molecule has 0 aliphatic carbocycles. The molecule has 0 unspecified atom stereocenters. The molecule has 4 aromatic rings. The van der Waals surface area contributed by atoms with Crippen LogP contribution in [-0.2, 0) is 0 Å². The minimum absolute atomic E-state index is 0.703. The van der Waals surface area contributed by atoms with Gasteiger partial charge in [0.15, 0.2) is 0 Å². The molecule has 4 heteroatoms. The van der Waals surface area contributed by atoms with Crippen molar-refractivity contribution >= 4 is 22.1 Å². The van der Waals surface area contributed by atoms with Crippen molar-refractivity contribution in [3.63, 3.8) is 0 Å². The van der Waals surface area contributed by atoms with Crippen molar-refractivity contribution < 1.29 is 9.47 Å². The van der Waals surface area contributed by atoms with E-state index in [1.807, 2.05) is 84.9 Å². The summed E-state index contributed by atoms with van der Waals surface area (Å²) in [5.74, 6) is 2.98. The number of rotatable bonds is 4. The first-order valence-corrected chi connectivity index (χ1v) is 8.27. The molecule has 0 amide bonds. The molecule has 0 saturated heterocycles. The lowest BCUT2D eigenvalue weighted by Crippen LogP contribution is -1.91. The summed E-state index contributed by atoms with van der Waals surface area (Å²) in [6.45, 7) is 0. The Balaban J connectivity index is 1.70. The lowest BCUT2D eigenvalue weighted by molar-refractivity contribution is 0.478. The van der Waals surface area contributed by atoms with Gasteiger partial charge >= 0.3 is 0 Å². The van der Waals surface area contributed by atoms with Crippen LogP contribution in [0.4, 0.5) is 11.4 Å². The second-order valence-corrected chi connectivity index (χ2v) is 5.95. The number of fused-ring (bicyclic) bond motifs is 1. The second kappa shape index (κ2) is 6.69. The molecule has 4 aromatic carbocycles. The predicted molar refractivity (Wildman–Crippen MR) is 106 cm³/mol. The summed E-state index contributed by atoms with van der Waals surface area (Å²) in [4.78, 5) is 0. The number of benzene rings is 4. The number of hydrogen-bond donors (Lipinski definition) is 2. The van der Waals surface area contributed by atoms with Crippen LogP contribution in [0, 0.1) is 0 Å². The summed E-state index contributed by atoms with van der Waals surface area (Å²) in [5.41, 5.74) is 12.9. The smallest absolute Gasteiger partial charge is 0.135 e. The van der Waals surface area contributed by atoms with Crippen molar-refractivity contribution in [3.8, 4) is 23.0 Å². The van der Waals surface area contributed by atoms with Gasteiger partial charge in [-0.25, -0.2) is 0 Å². The Morgan fingerprint density at radius 2 is 0.846 bits per heavy atom. The van der Waals surface area contributed by atoms with Gasteiger partial charge in [-0.1, -0.05) is 24.3 Å². The minimum Gasteiger partial charge on any atom is -0.457 e. The molecule has 0 heterocycles. The van der Waals surface area contributed by atoms with Crippen LogP contribution in [0.25, 0.3) is 10.8 Å². The summed E-state index contributed by atoms with van der Waals surface area (Å²) in [5, 5.41) is 1.94. The lowest BCUT2D eigenvalue weighted by atomic mass is 10.1. The topological polar surface area (TPSA) is 70.5 Å². The van der Waals surface area contributed by atoms with Gasteiger partial charge in [0.05, 0.1) is 0 Å². The van der Waals surface area contributed by atoms with E-state index in [-0.39, 0.29) is 0 Å². The van der Waals surface area contributed by atoms with E-state index in [1.54, 1.807) is 0 Å². The quantitative estimate of drug-likeness (QED) is 0.474. The van der Waals surface area contributed by atoms with Gasteiger partial charge in [-0.3, -0.25) is 0 Å². The van der Waals surface area contributed by atoms with Crippen LogP contribution >= 0.6 is 0 Å². The third-order valence-electron chi connectivity index (χ3n) is 4.06. The molecule has 0 aromatic heterocycles. The molecule has 128 valence electrons. The highest BCUT2D eigenvalue weighted by Gasteiger charge is 2.09. The fraction of sp³-hybridized carbons (Fsp3) is 0. The van der Waals surface area contributed by atoms with Crippen LogP contribution in [0.3, 0.4) is 0 Å². The summed E-state index contributed by atoms with van der Waals surface area (Å²) in [6, 6.07) is 26.5. The molecule has 4 nitrogen and oxygen atoms in total. The zero-order chi connectivity index (χ0) is 17.9. The molecule has 0 atom stereocenters. The van der Waals surface area contributed by atoms with Crippen LogP contribution in [0.1, 0.15) is 0 Å². The standard InChI is InChI=1S/C22H18N2O2/c23-15-5-9-17(10-6-15)25-21-13-14-22(20-4-2-1-3-19(20)21)26-18-11-7-16(24)8-12-18/h1-14H,23-24H2. The van der Waals surface area contributed by atoms with Gasteiger partial charge in [0.1, 0.15) is 23.0 Å². The maximum absolute atomic E-state index is 6.04. The molecule has 0 aliphatic heterocycles. The lowest BCUT2D eigenvalue weighted by Gasteiger charge is -2.13. The zero-order valence-corrected chi connectivity index (χ0v) is 14.1.